The fraction of sp³-hybridized carbons (Fsp3) is 0.846. The summed E-state index contributed by atoms with van der Waals surface area (Å²) < 4.78 is 10.6. The van der Waals surface area contributed by atoms with Crippen LogP contribution in [0.4, 0.5) is 4.79 Å². The van der Waals surface area contributed by atoms with Gasteiger partial charge in [-0.15, -0.1) is 0 Å². The molecule has 2 N–H and O–H groups in total. The zero-order chi connectivity index (χ0) is 16.2. The molecule has 1 heterocycles. The molecule has 0 radical (unpaired) electrons. The summed E-state index contributed by atoms with van der Waals surface area (Å²) in [6.07, 6.45) is -1.43. The summed E-state index contributed by atoms with van der Waals surface area (Å²) in [6.45, 7) is 6.23. The SMILES string of the molecule is CC(OCCO)N1C(=O)N(C(C)OCCO)C(C)(C)C1=O. The van der Waals surface area contributed by atoms with Crippen LogP contribution in [0.15, 0.2) is 0 Å². The van der Waals surface area contributed by atoms with Gasteiger partial charge in [-0.3, -0.25) is 9.69 Å². The van der Waals surface area contributed by atoms with Gasteiger partial charge in [0.25, 0.3) is 5.91 Å². The molecule has 0 saturated carbocycles. The Morgan fingerprint density at radius 3 is 2.00 bits per heavy atom. The standard InChI is InChI=1S/C13H24N2O6/c1-9(20-7-5-16)14-11(18)13(3,4)15(12(14)19)10(2)21-8-6-17/h9-10,16-17H,5-8H2,1-4H3. The van der Waals surface area contributed by atoms with Gasteiger partial charge in [-0.1, -0.05) is 0 Å². The van der Waals surface area contributed by atoms with Crippen molar-refractivity contribution in [2.75, 3.05) is 26.4 Å². The number of nitrogens with zero attached hydrogens (tertiary/aromatic N) is 2. The monoisotopic (exact) mass is 304 g/mol. The third-order valence-electron chi connectivity index (χ3n) is 3.38. The zero-order valence-electron chi connectivity index (χ0n) is 12.9. The Balaban J connectivity index is 2.92. The summed E-state index contributed by atoms with van der Waals surface area (Å²) in [4.78, 5) is 27.3. The summed E-state index contributed by atoms with van der Waals surface area (Å²) in [7, 11) is 0. The molecule has 122 valence electrons. The number of ether oxygens (including phenoxy) is 2. The van der Waals surface area contributed by atoms with Crippen LogP contribution in [-0.4, -0.2) is 76.4 Å². The average molecular weight is 304 g/mol. The van der Waals surface area contributed by atoms with Crippen LogP contribution in [0, 0.1) is 0 Å². The molecule has 0 aromatic heterocycles. The lowest BCUT2D eigenvalue weighted by molar-refractivity contribution is -0.142. The van der Waals surface area contributed by atoms with E-state index in [1.54, 1.807) is 27.7 Å². The maximum absolute atomic E-state index is 12.5. The number of imide groups is 1. The average Bonchev–Trinajstić information content (AvgIpc) is 2.59. The van der Waals surface area contributed by atoms with Gasteiger partial charge < -0.3 is 19.7 Å². The topological polar surface area (TPSA) is 99.5 Å². The second kappa shape index (κ2) is 7.17. The molecule has 3 amide bonds. The molecule has 2 atom stereocenters. The third kappa shape index (κ3) is 3.52. The molecule has 1 aliphatic heterocycles. The third-order valence-corrected chi connectivity index (χ3v) is 3.38. The molecular weight excluding hydrogens is 280 g/mol. The summed E-state index contributed by atoms with van der Waals surface area (Å²) in [5, 5.41) is 17.6. The second-order valence-electron chi connectivity index (χ2n) is 5.27. The molecule has 8 heteroatoms. The van der Waals surface area contributed by atoms with Crippen LogP contribution >= 0.6 is 0 Å². The number of urea groups is 1. The summed E-state index contributed by atoms with van der Waals surface area (Å²) in [5.41, 5.74) is -1.07. The van der Waals surface area contributed by atoms with Gasteiger partial charge in [-0.25, -0.2) is 9.69 Å². The number of aliphatic hydroxyl groups excluding tert-OH is 2. The molecule has 1 rings (SSSR count). The summed E-state index contributed by atoms with van der Waals surface area (Å²) in [6, 6.07) is -0.513. The minimum Gasteiger partial charge on any atom is -0.394 e. The van der Waals surface area contributed by atoms with Crippen LogP contribution < -0.4 is 0 Å². The number of aliphatic hydroxyl groups is 2. The first kappa shape index (κ1) is 17.8. The Morgan fingerprint density at radius 1 is 1.05 bits per heavy atom. The molecule has 21 heavy (non-hydrogen) atoms. The summed E-state index contributed by atoms with van der Waals surface area (Å²) in [5.74, 6) is -0.391. The number of rotatable bonds is 8. The van der Waals surface area contributed by atoms with Crippen LogP contribution in [0.1, 0.15) is 27.7 Å². The van der Waals surface area contributed by atoms with E-state index in [1.165, 1.54) is 4.90 Å². The Morgan fingerprint density at radius 2 is 1.52 bits per heavy atom. The molecule has 0 aliphatic carbocycles. The molecular formula is C13H24N2O6. The van der Waals surface area contributed by atoms with Crippen LogP contribution in [-0.2, 0) is 14.3 Å². The predicted octanol–water partition coefficient (Wildman–Crippen LogP) is -0.261. The molecule has 0 aromatic carbocycles. The lowest BCUT2D eigenvalue weighted by Crippen LogP contribution is -2.50. The van der Waals surface area contributed by atoms with Gasteiger partial charge in [0.1, 0.15) is 18.0 Å². The van der Waals surface area contributed by atoms with Crippen LogP contribution in [0.5, 0.6) is 0 Å². The number of hydrogen-bond acceptors (Lipinski definition) is 6. The first-order valence-corrected chi connectivity index (χ1v) is 6.90. The fourth-order valence-electron chi connectivity index (χ4n) is 2.37. The molecule has 1 aliphatic rings. The quantitative estimate of drug-likeness (QED) is 0.599. The van der Waals surface area contributed by atoms with Gasteiger partial charge in [0.05, 0.1) is 26.4 Å². The van der Waals surface area contributed by atoms with Crippen molar-refractivity contribution in [1.82, 2.24) is 9.80 Å². The highest BCUT2D eigenvalue weighted by molar-refractivity contribution is 6.06. The molecule has 8 nitrogen and oxygen atoms in total. The highest BCUT2D eigenvalue weighted by Crippen LogP contribution is 2.31. The van der Waals surface area contributed by atoms with Crippen molar-refractivity contribution >= 4 is 11.9 Å². The van der Waals surface area contributed by atoms with Gasteiger partial charge in [-0.05, 0) is 27.7 Å². The maximum atomic E-state index is 12.5. The van der Waals surface area contributed by atoms with E-state index in [2.05, 4.69) is 0 Å². The van der Waals surface area contributed by atoms with Crippen molar-refractivity contribution in [2.45, 2.75) is 45.7 Å². The van der Waals surface area contributed by atoms with Gasteiger partial charge in [0, 0.05) is 0 Å². The number of carbonyl (C=O) groups is 2. The Labute approximate surface area is 124 Å². The molecule has 1 fully saturated rings. The van der Waals surface area contributed by atoms with E-state index in [1.807, 2.05) is 0 Å². The van der Waals surface area contributed by atoms with E-state index < -0.39 is 29.9 Å². The Bertz CT molecular complexity index is 387. The van der Waals surface area contributed by atoms with Crippen molar-refractivity contribution in [3.05, 3.63) is 0 Å². The minimum atomic E-state index is -1.07. The number of hydrogen-bond donors (Lipinski definition) is 2. The maximum Gasteiger partial charge on any atom is 0.331 e. The van der Waals surface area contributed by atoms with Crippen molar-refractivity contribution < 1.29 is 29.3 Å². The van der Waals surface area contributed by atoms with E-state index in [4.69, 9.17) is 19.7 Å². The number of carbonyl (C=O) groups excluding carboxylic acids is 2. The van der Waals surface area contributed by atoms with E-state index in [-0.39, 0.29) is 26.4 Å². The Kier molecular flexibility index (Phi) is 6.09. The van der Waals surface area contributed by atoms with Gasteiger partial charge in [0.2, 0.25) is 0 Å². The largest absolute Gasteiger partial charge is 0.394 e. The van der Waals surface area contributed by atoms with Crippen LogP contribution in [0.25, 0.3) is 0 Å². The molecule has 2 unspecified atom stereocenters. The highest BCUT2D eigenvalue weighted by Gasteiger charge is 2.54. The van der Waals surface area contributed by atoms with E-state index in [0.29, 0.717) is 0 Å². The lowest BCUT2D eigenvalue weighted by Gasteiger charge is -2.33. The highest BCUT2D eigenvalue weighted by atomic mass is 16.5. The van der Waals surface area contributed by atoms with Crippen molar-refractivity contribution in [3.8, 4) is 0 Å². The van der Waals surface area contributed by atoms with Gasteiger partial charge in [-0.2, -0.15) is 0 Å². The molecule has 0 aromatic rings. The zero-order valence-corrected chi connectivity index (χ0v) is 12.9. The van der Waals surface area contributed by atoms with E-state index in [0.717, 1.165) is 4.90 Å². The van der Waals surface area contributed by atoms with Crippen molar-refractivity contribution in [1.29, 1.82) is 0 Å². The normalized spacial score (nSPS) is 21.0. The fourth-order valence-corrected chi connectivity index (χ4v) is 2.37. The molecule has 0 bridgehead atoms. The van der Waals surface area contributed by atoms with Crippen molar-refractivity contribution in [2.24, 2.45) is 0 Å². The van der Waals surface area contributed by atoms with Gasteiger partial charge in [0.15, 0.2) is 0 Å². The van der Waals surface area contributed by atoms with Gasteiger partial charge >= 0.3 is 6.03 Å². The summed E-state index contributed by atoms with van der Waals surface area (Å²) >= 11 is 0. The first-order chi connectivity index (χ1) is 9.78. The molecule has 1 saturated heterocycles. The van der Waals surface area contributed by atoms with Crippen LogP contribution in [0.2, 0.25) is 0 Å². The van der Waals surface area contributed by atoms with Crippen molar-refractivity contribution in [3.63, 3.8) is 0 Å². The number of amides is 3. The predicted molar refractivity (Wildman–Crippen MR) is 73.2 cm³/mol. The lowest BCUT2D eigenvalue weighted by atomic mass is 10.0. The first-order valence-electron chi connectivity index (χ1n) is 6.90. The van der Waals surface area contributed by atoms with E-state index >= 15 is 0 Å². The van der Waals surface area contributed by atoms with E-state index in [9.17, 15) is 9.59 Å². The molecule has 0 spiro atoms. The minimum absolute atomic E-state index is 0.0369. The Hall–Kier alpha value is -1.22. The second-order valence-corrected chi connectivity index (χ2v) is 5.27. The van der Waals surface area contributed by atoms with Crippen LogP contribution in [0.3, 0.4) is 0 Å². The smallest absolute Gasteiger partial charge is 0.331 e.